The summed E-state index contributed by atoms with van der Waals surface area (Å²) in [4.78, 5) is 17.8. The van der Waals surface area contributed by atoms with Gasteiger partial charge in [0.25, 0.3) is 0 Å². The largest absolute Gasteiger partial charge is 0.369 e. The number of piperidine rings is 1. The minimum atomic E-state index is 0.150. The first kappa shape index (κ1) is 20.1. The zero-order valence-corrected chi connectivity index (χ0v) is 19.3. The summed E-state index contributed by atoms with van der Waals surface area (Å²) >= 11 is 0. The molecule has 6 rings (SSSR count). The molecule has 7 nitrogen and oxygen atoms in total. The predicted octanol–water partition coefficient (Wildman–Crippen LogP) is 4.84. The Bertz CT molecular complexity index is 1290. The molecular formula is C26H29N7. The number of H-pyrrole nitrogens is 1. The average Bonchev–Trinajstić information content (AvgIpc) is 3.24. The predicted molar refractivity (Wildman–Crippen MR) is 132 cm³/mol. The quantitative estimate of drug-likeness (QED) is 0.493. The van der Waals surface area contributed by atoms with Gasteiger partial charge in [0.1, 0.15) is 0 Å². The van der Waals surface area contributed by atoms with Crippen LogP contribution in [-0.4, -0.2) is 44.8 Å². The fourth-order valence-electron chi connectivity index (χ4n) is 5.36. The van der Waals surface area contributed by atoms with Crippen LogP contribution >= 0.6 is 0 Å². The Kier molecular flexibility index (Phi) is 4.97. The number of anilines is 2. The van der Waals surface area contributed by atoms with Gasteiger partial charge < -0.3 is 14.8 Å². The summed E-state index contributed by atoms with van der Waals surface area (Å²) in [6.07, 6.45) is 8.72. The van der Waals surface area contributed by atoms with Gasteiger partial charge in [0.15, 0.2) is 5.65 Å². The summed E-state index contributed by atoms with van der Waals surface area (Å²) < 4.78 is 0. The van der Waals surface area contributed by atoms with Crippen molar-refractivity contribution in [2.75, 3.05) is 29.4 Å². The number of hydrogen-bond donors (Lipinski definition) is 1. The topological polar surface area (TPSA) is 73.8 Å². The van der Waals surface area contributed by atoms with Crippen molar-refractivity contribution in [2.24, 2.45) is 0 Å². The highest BCUT2D eigenvalue weighted by Gasteiger charge is 2.30. The molecule has 1 N–H and O–H groups in total. The van der Waals surface area contributed by atoms with Crippen LogP contribution in [0.15, 0.2) is 42.7 Å². The molecular weight excluding hydrogens is 410 g/mol. The highest BCUT2D eigenvalue weighted by molar-refractivity contribution is 5.86. The molecule has 33 heavy (non-hydrogen) atoms. The van der Waals surface area contributed by atoms with E-state index in [4.69, 9.17) is 9.97 Å². The monoisotopic (exact) mass is 439 g/mol. The molecule has 2 aliphatic heterocycles. The van der Waals surface area contributed by atoms with Crippen molar-refractivity contribution in [3.63, 3.8) is 0 Å². The second-order valence-electron chi connectivity index (χ2n) is 9.23. The number of nitrogens with one attached hydrogen (secondary N) is 1. The van der Waals surface area contributed by atoms with E-state index in [0.29, 0.717) is 0 Å². The van der Waals surface area contributed by atoms with Gasteiger partial charge in [-0.25, -0.2) is 9.97 Å². The van der Waals surface area contributed by atoms with Crippen molar-refractivity contribution in [2.45, 2.75) is 45.6 Å². The lowest BCUT2D eigenvalue weighted by Gasteiger charge is -2.34. The van der Waals surface area contributed by atoms with E-state index < -0.39 is 0 Å². The van der Waals surface area contributed by atoms with E-state index in [9.17, 15) is 0 Å². The Morgan fingerprint density at radius 2 is 1.76 bits per heavy atom. The van der Waals surface area contributed by atoms with Gasteiger partial charge in [0.2, 0.25) is 5.95 Å². The lowest BCUT2D eigenvalue weighted by molar-refractivity contribution is 0.575. The van der Waals surface area contributed by atoms with Gasteiger partial charge in [-0.2, -0.15) is 0 Å². The Labute approximate surface area is 193 Å². The summed E-state index contributed by atoms with van der Waals surface area (Å²) in [5.41, 5.74) is 7.75. The minimum Gasteiger partial charge on any atom is -0.369 e. The third-order valence-corrected chi connectivity index (χ3v) is 7.19. The molecule has 168 valence electrons. The maximum atomic E-state index is 4.78. The van der Waals surface area contributed by atoms with Crippen molar-refractivity contribution in [1.29, 1.82) is 0 Å². The van der Waals surface area contributed by atoms with Crippen molar-refractivity contribution >= 4 is 22.7 Å². The summed E-state index contributed by atoms with van der Waals surface area (Å²) in [5.74, 6) is 0.796. The number of aryl methyl sites for hydroxylation is 1. The number of nitrogens with zero attached hydrogens (tertiary/aromatic N) is 6. The first-order valence-corrected chi connectivity index (χ1v) is 12.0. The van der Waals surface area contributed by atoms with Gasteiger partial charge in [-0.05, 0) is 44.7 Å². The van der Waals surface area contributed by atoms with Gasteiger partial charge in [-0.3, -0.25) is 0 Å². The van der Waals surface area contributed by atoms with E-state index >= 15 is 0 Å². The smallest absolute Gasteiger partial charge is 0.225 e. The van der Waals surface area contributed by atoms with Crippen LogP contribution in [-0.2, 0) is 6.42 Å². The third kappa shape index (κ3) is 3.52. The molecule has 1 atom stereocenters. The van der Waals surface area contributed by atoms with Crippen molar-refractivity contribution in [3.05, 3.63) is 59.5 Å². The lowest BCUT2D eigenvalue weighted by atomic mass is 9.97. The van der Waals surface area contributed by atoms with Crippen molar-refractivity contribution in [3.8, 4) is 11.3 Å². The van der Waals surface area contributed by atoms with E-state index in [2.05, 4.69) is 69.2 Å². The zero-order chi connectivity index (χ0) is 22.4. The zero-order valence-electron chi connectivity index (χ0n) is 19.3. The number of hydrogen-bond acceptors (Lipinski definition) is 6. The highest BCUT2D eigenvalue weighted by atomic mass is 15.3. The number of fused-ring (bicyclic) bond motifs is 3. The molecule has 0 amide bonds. The van der Waals surface area contributed by atoms with Crippen LogP contribution < -0.4 is 9.80 Å². The second-order valence-corrected chi connectivity index (χ2v) is 9.23. The van der Waals surface area contributed by atoms with Gasteiger partial charge in [0, 0.05) is 48.3 Å². The van der Waals surface area contributed by atoms with E-state index in [1.165, 1.54) is 36.1 Å². The Morgan fingerprint density at radius 3 is 2.55 bits per heavy atom. The Hall–Kier alpha value is -3.48. The Balaban J connectivity index is 1.33. The molecule has 3 aromatic heterocycles. The lowest BCUT2D eigenvalue weighted by Crippen LogP contribution is -2.35. The second kappa shape index (κ2) is 8.14. The van der Waals surface area contributed by atoms with Gasteiger partial charge in [0.05, 0.1) is 29.8 Å². The highest BCUT2D eigenvalue weighted by Crippen LogP contribution is 2.37. The Morgan fingerprint density at radius 1 is 0.970 bits per heavy atom. The molecule has 1 fully saturated rings. The molecule has 4 aromatic rings. The van der Waals surface area contributed by atoms with Crippen LogP contribution in [0.4, 0.5) is 11.6 Å². The molecule has 0 aliphatic carbocycles. The number of rotatable bonds is 3. The number of benzene rings is 1. The molecule has 0 spiro atoms. The van der Waals surface area contributed by atoms with Crippen LogP contribution in [0, 0.1) is 6.92 Å². The van der Waals surface area contributed by atoms with Crippen LogP contribution in [0.5, 0.6) is 0 Å². The summed E-state index contributed by atoms with van der Waals surface area (Å²) in [6.45, 7) is 7.43. The minimum absolute atomic E-state index is 0.150. The molecule has 1 saturated heterocycles. The van der Waals surface area contributed by atoms with Crippen molar-refractivity contribution in [1.82, 2.24) is 25.1 Å². The molecule has 0 bridgehead atoms. The molecule has 2 aliphatic rings. The summed E-state index contributed by atoms with van der Waals surface area (Å²) in [7, 11) is 0. The van der Waals surface area contributed by atoms with Gasteiger partial charge >= 0.3 is 0 Å². The maximum absolute atomic E-state index is 4.78. The SMILES string of the molecule is Cc1ccccc1-c1cc2c3c([nH]c2nn1)CCN(c1ncc(N2CCCCC2)cn1)C3C. The molecule has 0 radical (unpaired) electrons. The van der Waals surface area contributed by atoms with E-state index in [0.717, 1.165) is 60.0 Å². The summed E-state index contributed by atoms with van der Waals surface area (Å²) in [6, 6.07) is 10.7. The average molecular weight is 440 g/mol. The summed E-state index contributed by atoms with van der Waals surface area (Å²) in [5, 5.41) is 10.2. The first-order valence-electron chi connectivity index (χ1n) is 12.0. The molecule has 1 aromatic carbocycles. The number of aromatic nitrogens is 5. The van der Waals surface area contributed by atoms with Gasteiger partial charge in [-0.15, -0.1) is 10.2 Å². The maximum Gasteiger partial charge on any atom is 0.225 e. The first-order chi connectivity index (χ1) is 16.2. The van der Waals surface area contributed by atoms with Crippen LogP contribution in [0.2, 0.25) is 0 Å². The van der Waals surface area contributed by atoms with Crippen LogP contribution in [0.1, 0.15) is 49.0 Å². The molecule has 5 heterocycles. The normalized spacial score (nSPS) is 18.5. The van der Waals surface area contributed by atoms with Gasteiger partial charge in [-0.1, -0.05) is 24.3 Å². The fourth-order valence-corrected chi connectivity index (χ4v) is 5.36. The van der Waals surface area contributed by atoms with E-state index in [1.54, 1.807) is 0 Å². The molecule has 1 unspecified atom stereocenters. The third-order valence-electron chi connectivity index (χ3n) is 7.19. The molecule has 7 heteroatoms. The van der Waals surface area contributed by atoms with Crippen LogP contribution in [0.25, 0.3) is 22.3 Å². The van der Waals surface area contributed by atoms with Crippen molar-refractivity contribution < 1.29 is 0 Å². The standard InChI is InChI=1S/C26H29N7/c1-17-8-4-5-9-20(17)23-14-21-24-18(2)33(13-10-22(24)29-25(21)31-30-23)26-27-15-19(16-28-26)32-11-6-3-7-12-32/h4-5,8-9,14-16,18H,3,6-7,10-13H2,1-2H3,(H,29,31). The van der Waals surface area contributed by atoms with E-state index in [-0.39, 0.29) is 6.04 Å². The fraction of sp³-hybridized carbons (Fsp3) is 0.385. The molecule has 0 saturated carbocycles. The van der Waals surface area contributed by atoms with E-state index in [1.807, 2.05) is 12.4 Å². The van der Waals surface area contributed by atoms with Crippen LogP contribution in [0.3, 0.4) is 0 Å². The number of aromatic amines is 1.